The Labute approximate surface area is 130 Å². The normalized spacial score (nSPS) is 22.4. The van der Waals surface area contributed by atoms with Crippen LogP contribution in [0.4, 0.5) is 5.69 Å². The van der Waals surface area contributed by atoms with Gasteiger partial charge in [0.1, 0.15) is 5.75 Å². The van der Waals surface area contributed by atoms with Gasteiger partial charge in [-0.25, -0.2) is 0 Å². The summed E-state index contributed by atoms with van der Waals surface area (Å²) in [5, 5.41) is 0. The molecule has 114 valence electrons. The number of hydrogen-bond donors (Lipinski definition) is 0. The summed E-state index contributed by atoms with van der Waals surface area (Å²) in [6, 6.07) is 8.15. The van der Waals surface area contributed by atoms with Gasteiger partial charge in [-0.2, -0.15) is 11.8 Å². The molecule has 2 heterocycles. The third kappa shape index (κ3) is 3.28. The highest BCUT2D eigenvalue weighted by atomic mass is 32.2. The Bertz CT molecular complexity index is 478. The lowest BCUT2D eigenvalue weighted by Crippen LogP contribution is -2.50. The van der Waals surface area contributed by atoms with Gasteiger partial charge in [0.15, 0.2) is 0 Å². The van der Waals surface area contributed by atoms with E-state index in [0.717, 1.165) is 49.9 Å². The summed E-state index contributed by atoms with van der Waals surface area (Å²) in [6.45, 7) is 3.51. The van der Waals surface area contributed by atoms with Crippen LogP contribution in [0.25, 0.3) is 0 Å². The number of methoxy groups -OCH3 is 1. The Kier molecular flexibility index (Phi) is 4.58. The fraction of sp³-hybridized carbons (Fsp3) is 0.562. The fourth-order valence-electron chi connectivity index (χ4n) is 2.97. The van der Waals surface area contributed by atoms with E-state index in [1.807, 2.05) is 23.9 Å². The standard InChI is InChI=1S/C16H22N2O2S/c1-20-15-4-2-14(3-5-15)17-7-9-18(10-8-17)16(19)13-6-11-21-12-13/h2-5,13H,6-12H2,1H3. The predicted molar refractivity (Wildman–Crippen MR) is 87.2 cm³/mol. The van der Waals surface area contributed by atoms with Gasteiger partial charge in [0.2, 0.25) is 5.91 Å². The molecule has 21 heavy (non-hydrogen) atoms. The largest absolute Gasteiger partial charge is 0.497 e. The van der Waals surface area contributed by atoms with Crippen LogP contribution in [0.15, 0.2) is 24.3 Å². The Hall–Kier alpha value is -1.36. The number of ether oxygens (including phenoxy) is 1. The van der Waals surface area contributed by atoms with Crippen LogP contribution >= 0.6 is 11.8 Å². The third-order valence-corrected chi connectivity index (χ3v) is 5.47. The van der Waals surface area contributed by atoms with Crippen molar-refractivity contribution in [1.82, 2.24) is 4.90 Å². The molecule has 0 spiro atoms. The minimum absolute atomic E-state index is 0.266. The third-order valence-electron chi connectivity index (χ3n) is 4.31. The lowest BCUT2D eigenvalue weighted by Gasteiger charge is -2.37. The van der Waals surface area contributed by atoms with Crippen LogP contribution in [-0.4, -0.2) is 55.6 Å². The molecule has 1 atom stereocenters. The van der Waals surface area contributed by atoms with Gasteiger partial charge in [0.05, 0.1) is 7.11 Å². The summed E-state index contributed by atoms with van der Waals surface area (Å²) < 4.78 is 5.19. The molecule has 0 saturated carbocycles. The van der Waals surface area contributed by atoms with Gasteiger partial charge in [0.25, 0.3) is 0 Å². The van der Waals surface area contributed by atoms with Crippen molar-refractivity contribution in [3.63, 3.8) is 0 Å². The Balaban J connectivity index is 1.55. The van der Waals surface area contributed by atoms with E-state index in [4.69, 9.17) is 4.74 Å². The summed E-state index contributed by atoms with van der Waals surface area (Å²) in [5.74, 6) is 3.67. The highest BCUT2D eigenvalue weighted by molar-refractivity contribution is 7.99. The molecule has 0 aliphatic carbocycles. The van der Waals surface area contributed by atoms with Crippen molar-refractivity contribution in [1.29, 1.82) is 0 Å². The minimum atomic E-state index is 0.266. The van der Waals surface area contributed by atoms with E-state index in [1.165, 1.54) is 5.69 Å². The molecular weight excluding hydrogens is 284 g/mol. The van der Waals surface area contributed by atoms with Gasteiger partial charge < -0.3 is 14.5 Å². The number of carbonyl (C=O) groups excluding carboxylic acids is 1. The van der Waals surface area contributed by atoms with Crippen molar-refractivity contribution in [2.45, 2.75) is 6.42 Å². The van der Waals surface area contributed by atoms with Crippen LogP contribution in [0.3, 0.4) is 0 Å². The van der Waals surface area contributed by atoms with Crippen molar-refractivity contribution in [3.05, 3.63) is 24.3 Å². The molecule has 2 aliphatic rings. The van der Waals surface area contributed by atoms with Gasteiger partial charge in [-0.1, -0.05) is 0 Å². The molecule has 1 aromatic carbocycles. The number of hydrogen-bond acceptors (Lipinski definition) is 4. The van der Waals surface area contributed by atoms with Gasteiger partial charge in [0, 0.05) is 43.5 Å². The summed E-state index contributed by atoms with van der Waals surface area (Å²) in [7, 11) is 1.68. The van der Waals surface area contributed by atoms with Crippen LogP contribution < -0.4 is 9.64 Å². The van der Waals surface area contributed by atoms with Crippen LogP contribution in [0.2, 0.25) is 0 Å². The van der Waals surface area contributed by atoms with E-state index in [9.17, 15) is 4.79 Å². The summed E-state index contributed by atoms with van der Waals surface area (Å²) >= 11 is 1.91. The van der Waals surface area contributed by atoms with E-state index < -0.39 is 0 Å². The average Bonchev–Trinajstić information content (AvgIpc) is 3.09. The summed E-state index contributed by atoms with van der Waals surface area (Å²) in [6.07, 6.45) is 1.06. The number of carbonyl (C=O) groups is 1. The number of amides is 1. The van der Waals surface area contributed by atoms with E-state index in [2.05, 4.69) is 21.9 Å². The molecule has 3 rings (SSSR count). The molecule has 2 fully saturated rings. The molecule has 1 aromatic rings. The van der Waals surface area contributed by atoms with Gasteiger partial charge >= 0.3 is 0 Å². The highest BCUT2D eigenvalue weighted by Crippen LogP contribution is 2.26. The zero-order valence-corrected chi connectivity index (χ0v) is 13.3. The lowest BCUT2D eigenvalue weighted by atomic mass is 10.1. The molecule has 1 unspecified atom stereocenters. The Morgan fingerprint density at radius 3 is 2.48 bits per heavy atom. The van der Waals surface area contributed by atoms with Gasteiger partial charge in [-0.15, -0.1) is 0 Å². The van der Waals surface area contributed by atoms with E-state index >= 15 is 0 Å². The van der Waals surface area contributed by atoms with Crippen LogP contribution in [-0.2, 0) is 4.79 Å². The van der Waals surface area contributed by atoms with Gasteiger partial charge in [-0.05, 0) is 36.4 Å². The number of nitrogens with zero attached hydrogens (tertiary/aromatic N) is 2. The van der Waals surface area contributed by atoms with Crippen molar-refractivity contribution >= 4 is 23.4 Å². The van der Waals surface area contributed by atoms with Crippen LogP contribution in [0.5, 0.6) is 5.75 Å². The Morgan fingerprint density at radius 2 is 1.90 bits per heavy atom. The zero-order valence-electron chi connectivity index (χ0n) is 12.5. The second-order valence-electron chi connectivity index (χ2n) is 5.57. The summed E-state index contributed by atoms with van der Waals surface area (Å²) in [4.78, 5) is 16.8. The molecule has 4 nitrogen and oxygen atoms in total. The predicted octanol–water partition coefficient (Wildman–Crippen LogP) is 2.10. The molecule has 2 aliphatic heterocycles. The van der Waals surface area contributed by atoms with Gasteiger partial charge in [-0.3, -0.25) is 4.79 Å². The molecular formula is C16H22N2O2S. The molecule has 0 N–H and O–H groups in total. The first-order chi connectivity index (χ1) is 10.3. The topological polar surface area (TPSA) is 32.8 Å². The first-order valence-electron chi connectivity index (χ1n) is 7.53. The second-order valence-corrected chi connectivity index (χ2v) is 6.72. The van der Waals surface area contributed by atoms with E-state index in [1.54, 1.807) is 7.11 Å². The molecule has 1 amide bonds. The number of benzene rings is 1. The maximum absolute atomic E-state index is 12.4. The maximum atomic E-state index is 12.4. The fourth-order valence-corrected chi connectivity index (χ4v) is 4.18. The van der Waals surface area contributed by atoms with Crippen molar-refractivity contribution < 1.29 is 9.53 Å². The Morgan fingerprint density at radius 1 is 1.19 bits per heavy atom. The lowest BCUT2D eigenvalue weighted by molar-refractivity contribution is -0.135. The zero-order chi connectivity index (χ0) is 14.7. The molecule has 0 radical (unpaired) electrons. The first kappa shape index (κ1) is 14.6. The number of rotatable bonds is 3. The van der Waals surface area contributed by atoms with Crippen molar-refractivity contribution in [3.8, 4) is 5.75 Å². The quantitative estimate of drug-likeness (QED) is 0.856. The highest BCUT2D eigenvalue weighted by Gasteiger charge is 2.29. The monoisotopic (exact) mass is 306 g/mol. The van der Waals surface area contributed by atoms with Crippen molar-refractivity contribution in [2.75, 3.05) is 49.7 Å². The van der Waals surface area contributed by atoms with Crippen LogP contribution in [0, 0.1) is 5.92 Å². The van der Waals surface area contributed by atoms with Crippen LogP contribution in [0.1, 0.15) is 6.42 Å². The smallest absolute Gasteiger partial charge is 0.226 e. The molecule has 5 heteroatoms. The minimum Gasteiger partial charge on any atom is -0.497 e. The van der Waals surface area contributed by atoms with Crippen molar-refractivity contribution in [2.24, 2.45) is 5.92 Å². The molecule has 2 saturated heterocycles. The summed E-state index contributed by atoms with van der Waals surface area (Å²) in [5.41, 5.74) is 1.21. The second kappa shape index (κ2) is 6.60. The maximum Gasteiger partial charge on any atom is 0.226 e. The average molecular weight is 306 g/mol. The number of anilines is 1. The van der Waals surface area contributed by atoms with E-state index in [-0.39, 0.29) is 5.92 Å². The number of piperazine rings is 1. The molecule has 0 aromatic heterocycles. The number of thioether (sulfide) groups is 1. The SMILES string of the molecule is COc1ccc(N2CCN(C(=O)C3CCSC3)CC2)cc1. The molecule has 0 bridgehead atoms. The first-order valence-corrected chi connectivity index (χ1v) is 8.69. The van der Waals surface area contributed by atoms with E-state index in [0.29, 0.717) is 5.91 Å².